The van der Waals surface area contributed by atoms with Gasteiger partial charge in [-0.15, -0.1) is 0 Å². The van der Waals surface area contributed by atoms with Gasteiger partial charge in [-0.25, -0.2) is 0 Å². The third-order valence-electron chi connectivity index (χ3n) is 4.30. The molecule has 1 atom stereocenters. The van der Waals surface area contributed by atoms with Gasteiger partial charge in [-0.05, 0) is 50.5 Å². The fraction of sp³-hybridized carbons (Fsp3) is 0.300. The number of hydrogen-bond donors (Lipinski definition) is 0. The third-order valence-corrected chi connectivity index (χ3v) is 4.96. The average Bonchev–Trinajstić information content (AvgIpc) is 2.53. The summed E-state index contributed by atoms with van der Waals surface area (Å²) in [5.74, 6) is 0. The summed E-state index contributed by atoms with van der Waals surface area (Å²) in [7, 11) is 0. The molecule has 0 N–H and O–H groups in total. The number of benzene rings is 2. The van der Waals surface area contributed by atoms with Crippen molar-refractivity contribution in [2.24, 2.45) is 10.4 Å². The molecule has 0 spiro atoms. The van der Waals surface area contributed by atoms with Gasteiger partial charge in [0.05, 0.1) is 13.0 Å². The van der Waals surface area contributed by atoms with Gasteiger partial charge in [0.1, 0.15) is 6.07 Å². The second-order valence-corrected chi connectivity index (χ2v) is 7.83. The van der Waals surface area contributed by atoms with Gasteiger partial charge >= 0.3 is 0 Å². The second kappa shape index (κ2) is 5.94. The number of fused-ring (bicyclic) bond motifs is 1. The van der Waals surface area contributed by atoms with Crippen molar-refractivity contribution in [2.45, 2.75) is 33.2 Å². The predicted octanol–water partition coefficient (Wildman–Crippen LogP) is 5.38. The largest absolute Gasteiger partial charge is 0.288 e. The maximum atomic E-state index is 9.46. The molecule has 2 aromatic rings. The molecule has 0 aliphatic carbocycles. The Morgan fingerprint density at radius 2 is 2.09 bits per heavy atom. The van der Waals surface area contributed by atoms with Crippen molar-refractivity contribution < 1.29 is 1.37 Å². The van der Waals surface area contributed by atoms with E-state index >= 15 is 0 Å². The minimum Gasteiger partial charge on any atom is -0.288 e. The maximum Gasteiger partial charge on any atom is 0.101 e. The summed E-state index contributed by atoms with van der Waals surface area (Å²) in [5.41, 5.74) is 4.61. The van der Waals surface area contributed by atoms with E-state index in [1.54, 1.807) is 0 Å². The van der Waals surface area contributed by atoms with Crippen LogP contribution in [0.1, 0.15) is 38.8 Å². The summed E-state index contributed by atoms with van der Waals surface area (Å²) in [6, 6.07) is 14.2. The van der Waals surface area contributed by atoms with E-state index in [0.717, 1.165) is 33.1 Å². The summed E-state index contributed by atoms with van der Waals surface area (Å²) in [5, 5.41) is 9.46. The van der Waals surface area contributed by atoms with Crippen molar-refractivity contribution in [1.29, 1.82) is 5.26 Å². The van der Waals surface area contributed by atoms with Crippen LogP contribution in [-0.2, 0) is 6.42 Å². The molecule has 116 valence electrons. The van der Waals surface area contributed by atoms with Gasteiger partial charge in [-0.1, -0.05) is 51.1 Å². The highest BCUT2D eigenvalue weighted by Gasteiger charge is 2.27. The molecule has 2 aromatic carbocycles. The van der Waals surface area contributed by atoms with Gasteiger partial charge in [-0.3, -0.25) is 4.99 Å². The average molecular weight is 368 g/mol. The van der Waals surface area contributed by atoms with Crippen LogP contribution in [0.25, 0.3) is 11.1 Å². The third kappa shape index (κ3) is 3.09. The molecule has 0 saturated heterocycles. The van der Waals surface area contributed by atoms with Crippen molar-refractivity contribution in [3.63, 3.8) is 0 Å². The summed E-state index contributed by atoms with van der Waals surface area (Å²) in [6.07, 6.45) is 1.18. The van der Waals surface area contributed by atoms with Crippen molar-refractivity contribution in [3.05, 3.63) is 57.6 Å². The Morgan fingerprint density at radius 1 is 1.30 bits per heavy atom. The van der Waals surface area contributed by atoms with E-state index < -0.39 is 0 Å². The lowest BCUT2D eigenvalue weighted by Gasteiger charge is -2.30. The van der Waals surface area contributed by atoms with Gasteiger partial charge in [0, 0.05) is 16.2 Å². The number of hydrogen-bond acceptors (Lipinski definition) is 2. The van der Waals surface area contributed by atoms with Gasteiger partial charge in [-0.2, -0.15) is 5.26 Å². The van der Waals surface area contributed by atoms with Crippen LogP contribution in [-0.4, -0.2) is 12.2 Å². The number of rotatable bonds is 1. The molecule has 0 aromatic heterocycles. The molecule has 23 heavy (non-hydrogen) atoms. The maximum absolute atomic E-state index is 9.46. The zero-order valence-corrected chi connectivity index (χ0v) is 15.1. The highest BCUT2D eigenvalue weighted by atomic mass is 79.9. The zero-order valence-electron chi connectivity index (χ0n) is 14.5. The second-order valence-electron chi connectivity index (χ2n) is 6.97. The molecule has 0 fully saturated rings. The highest BCUT2D eigenvalue weighted by Crippen LogP contribution is 2.33. The van der Waals surface area contributed by atoms with Crippen LogP contribution in [0, 0.1) is 16.7 Å². The summed E-state index contributed by atoms with van der Waals surface area (Å²) >= 11 is 3.45. The number of halogens is 1. The molecule has 1 aliphatic rings. The van der Waals surface area contributed by atoms with E-state index in [1.807, 2.05) is 30.3 Å². The minimum atomic E-state index is 0.0214. The Labute approximate surface area is 147 Å². The first kappa shape index (κ1) is 14.7. The lowest BCUT2D eigenvalue weighted by molar-refractivity contribution is 0.319. The summed E-state index contributed by atoms with van der Waals surface area (Å²) in [6.45, 7) is 6.47. The van der Waals surface area contributed by atoms with E-state index in [1.165, 1.54) is 0 Å². The first-order valence-electron chi connectivity index (χ1n) is 8.18. The van der Waals surface area contributed by atoms with Crippen LogP contribution in [0.2, 0.25) is 0 Å². The number of aliphatic imine (C=N–C) groups is 1. The molecule has 3 rings (SSSR count). The van der Waals surface area contributed by atoms with Crippen LogP contribution in [0.5, 0.6) is 0 Å². The van der Waals surface area contributed by atoms with E-state index in [9.17, 15) is 5.26 Å². The summed E-state index contributed by atoms with van der Waals surface area (Å²) < 4.78 is 9.04. The molecule has 0 saturated carbocycles. The molecule has 0 amide bonds. The summed E-state index contributed by atoms with van der Waals surface area (Å²) in [4.78, 5) is 4.57. The van der Waals surface area contributed by atoms with Crippen LogP contribution >= 0.6 is 15.9 Å². The minimum absolute atomic E-state index is 0.0214. The monoisotopic (exact) mass is 367 g/mol. The highest BCUT2D eigenvalue weighted by molar-refractivity contribution is 9.10. The molecule has 1 aliphatic heterocycles. The number of nitrogens with zero attached hydrogens (tertiary/aromatic N) is 2. The quantitative estimate of drug-likeness (QED) is 0.666. The number of nitriles is 1. The molecular weight excluding hydrogens is 348 g/mol. The van der Waals surface area contributed by atoms with Crippen molar-refractivity contribution in [2.75, 3.05) is 0 Å². The van der Waals surface area contributed by atoms with Gasteiger partial charge < -0.3 is 0 Å². The van der Waals surface area contributed by atoms with Crippen molar-refractivity contribution in [1.82, 2.24) is 0 Å². The van der Waals surface area contributed by atoms with Gasteiger partial charge in [0.15, 0.2) is 0 Å². The zero-order chi connectivity index (χ0) is 17.5. The van der Waals surface area contributed by atoms with Gasteiger partial charge in [0.25, 0.3) is 0 Å². The SMILES string of the molecule is [2H]C1=NC(C(C)(C)C)Cc2cc(-c3cccc(Br)c3C#N)ccc21. The Balaban J connectivity index is 2.10. The van der Waals surface area contributed by atoms with Gasteiger partial charge in [0.2, 0.25) is 0 Å². The Morgan fingerprint density at radius 3 is 2.78 bits per heavy atom. The van der Waals surface area contributed by atoms with E-state index in [2.05, 4.69) is 53.8 Å². The van der Waals surface area contributed by atoms with Crippen LogP contribution in [0.4, 0.5) is 0 Å². The van der Waals surface area contributed by atoms with E-state index in [0.29, 0.717) is 11.8 Å². The Hall–Kier alpha value is -1.92. The lowest BCUT2D eigenvalue weighted by atomic mass is 9.80. The van der Waals surface area contributed by atoms with Crippen LogP contribution in [0.15, 0.2) is 45.9 Å². The molecule has 1 unspecified atom stereocenters. The normalized spacial score (nSPS) is 17.8. The first-order chi connectivity index (χ1) is 11.3. The molecule has 0 radical (unpaired) electrons. The Kier molecular flexibility index (Phi) is 3.79. The fourth-order valence-electron chi connectivity index (χ4n) is 2.82. The standard InChI is InChI=1S/C20H19BrN2/c1-20(2,3)19-10-15-9-13(7-8-14(15)12-23-19)16-5-4-6-18(21)17(16)11-22/h4-9,12,19H,10H2,1-3H3/i12D. The molecule has 2 nitrogen and oxygen atoms in total. The molecule has 3 heteroatoms. The predicted molar refractivity (Wildman–Crippen MR) is 98.8 cm³/mol. The smallest absolute Gasteiger partial charge is 0.101 e. The van der Waals surface area contributed by atoms with Crippen LogP contribution in [0.3, 0.4) is 0 Å². The topological polar surface area (TPSA) is 36.1 Å². The van der Waals surface area contributed by atoms with E-state index in [4.69, 9.17) is 1.37 Å². The Bertz CT molecular complexity index is 872. The first-order valence-corrected chi connectivity index (χ1v) is 8.47. The van der Waals surface area contributed by atoms with Crippen molar-refractivity contribution >= 4 is 22.1 Å². The molecule has 0 bridgehead atoms. The molecule has 1 heterocycles. The molecular formula is C20H19BrN2. The van der Waals surface area contributed by atoms with Crippen LogP contribution < -0.4 is 0 Å². The van der Waals surface area contributed by atoms with E-state index in [-0.39, 0.29) is 11.5 Å². The van der Waals surface area contributed by atoms with Crippen molar-refractivity contribution in [3.8, 4) is 17.2 Å². The fourth-order valence-corrected chi connectivity index (χ4v) is 3.27. The lowest BCUT2D eigenvalue weighted by Crippen LogP contribution is -2.29.